The van der Waals surface area contributed by atoms with Gasteiger partial charge in [0.1, 0.15) is 0 Å². The van der Waals surface area contributed by atoms with Crippen molar-refractivity contribution in [2.24, 2.45) is 0 Å². The number of rotatable bonds is 3. The topological polar surface area (TPSA) is 51.3 Å². The van der Waals surface area contributed by atoms with Crippen molar-refractivity contribution in [1.29, 1.82) is 0 Å². The van der Waals surface area contributed by atoms with Gasteiger partial charge in [0.25, 0.3) is 5.56 Å². The summed E-state index contributed by atoms with van der Waals surface area (Å²) in [6.45, 7) is 3.37. The molecule has 1 aromatic heterocycles. The molecule has 2 N–H and O–H groups in total. The Kier molecular flexibility index (Phi) is 3.09. The number of benzene rings is 1. The van der Waals surface area contributed by atoms with Crippen LogP contribution in [0, 0.1) is 0 Å². The molecular formula is C15H17N3O. The van der Waals surface area contributed by atoms with E-state index in [1.165, 1.54) is 11.1 Å². The lowest BCUT2D eigenvalue weighted by Crippen LogP contribution is -2.27. The van der Waals surface area contributed by atoms with Crippen molar-refractivity contribution in [2.45, 2.75) is 19.6 Å². The highest BCUT2D eigenvalue weighted by Crippen LogP contribution is 2.26. The van der Waals surface area contributed by atoms with Gasteiger partial charge in [0, 0.05) is 44.1 Å². The minimum absolute atomic E-state index is 0.0544. The summed E-state index contributed by atoms with van der Waals surface area (Å²) in [5.74, 6) is 0. The number of anilines is 1. The van der Waals surface area contributed by atoms with E-state index in [9.17, 15) is 4.79 Å². The molecule has 0 saturated carbocycles. The molecule has 2 heterocycles. The van der Waals surface area contributed by atoms with Gasteiger partial charge in [-0.2, -0.15) is 0 Å². The molecule has 2 aromatic rings. The van der Waals surface area contributed by atoms with E-state index < -0.39 is 0 Å². The van der Waals surface area contributed by atoms with Crippen molar-refractivity contribution in [3.63, 3.8) is 0 Å². The largest absolute Gasteiger partial charge is 0.398 e. The molecular weight excluding hydrogens is 238 g/mol. The fourth-order valence-electron chi connectivity index (χ4n) is 2.57. The maximum absolute atomic E-state index is 11.6. The molecule has 4 heteroatoms. The lowest BCUT2D eigenvalue weighted by Gasteiger charge is -2.15. The van der Waals surface area contributed by atoms with Crippen molar-refractivity contribution >= 4 is 5.69 Å². The first-order chi connectivity index (χ1) is 9.24. The zero-order chi connectivity index (χ0) is 13.2. The molecule has 0 radical (unpaired) electrons. The number of pyridine rings is 1. The fraction of sp³-hybridized carbons (Fsp3) is 0.267. The van der Waals surface area contributed by atoms with Crippen LogP contribution in [0.25, 0.3) is 0 Å². The normalized spacial score (nSPS) is 14.5. The summed E-state index contributed by atoms with van der Waals surface area (Å²) in [5, 5.41) is 0. The molecule has 0 fully saturated rings. The third-order valence-corrected chi connectivity index (χ3v) is 3.64. The predicted molar refractivity (Wildman–Crippen MR) is 75.7 cm³/mol. The van der Waals surface area contributed by atoms with E-state index in [2.05, 4.69) is 11.0 Å². The van der Waals surface area contributed by atoms with Gasteiger partial charge in [-0.1, -0.05) is 18.2 Å². The number of nitrogen functional groups attached to an aromatic ring is 1. The summed E-state index contributed by atoms with van der Waals surface area (Å²) in [6, 6.07) is 11.3. The van der Waals surface area contributed by atoms with Crippen LogP contribution in [0.4, 0.5) is 5.69 Å². The molecule has 0 unspecified atom stereocenters. The maximum Gasteiger partial charge on any atom is 0.250 e. The van der Waals surface area contributed by atoms with Gasteiger partial charge in [-0.25, -0.2) is 0 Å². The zero-order valence-corrected chi connectivity index (χ0v) is 10.7. The van der Waals surface area contributed by atoms with E-state index in [-0.39, 0.29) is 5.56 Å². The SMILES string of the molecule is Nc1cccc2c1CN(CCn1ccccc1=O)C2. The Morgan fingerprint density at radius 1 is 1.05 bits per heavy atom. The highest BCUT2D eigenvalue weighted by atomic mass is 16.1. The molecule has 1 aromatic carbocycles. The molecule has 0 aliphatic carbocycles. The molecule has 0 amide bonds. The van der Waals surface area contributed by atoms with Crippen LogP contribution in [0.2, 0.25) is 0 Å². The molecule has 0 saturated heterocycles. The van der Waals surface area contributed by atoms with Crippen molar-refractivity contribution in [3.05, 3.63) is 64.1 Å². The Labute approximate surface area is 112 Å². The van der Waals surface area contributed by atoms with Crippen molar-refractivity contribution in [2.75, 3.05) is 12.3 Å². The highest BCUT2D eigenvalue weighted by Gasteiger charge is 2.20. The second kappa shape index (κ2) is 4.90. The van der Waals surface area contributed by atoms with Crippen LogP contribution in [0.1, 0.15) is 11.1 Å². The summed E-state index contributed by atoms with van der Waals surface area (Å²) >= 11 is 0. The lowest BCUT2D eigenvalue weighted by atomic mass is 10.1. The molecule has 3 rings (SSSR count). The zero-order valence-electron chi connectivity index (χ0n) is 10.7. The molecule has 0 bridgehead atoms. The van der Waals surface area contributed by atoms with Crippen LogP contribution in [0.15, 0.2) is 47.4 Å². The molecule has 19 heavy (non-hydrogen) atoms. The van der Waals surface area contributed by atoms with Gasteiger partial charge in [-0.3, -0.25) is 9.69 Å². The van der Waals surface area contributed by atoms with E-state index in [0.29, 0.717) is 6.54 Å². The first-order valence-corrected chi connectivity index (χ1v) is 6.48. The number of nitrogens with two attached hydrogens (primary N) is 1. The van der Waals surface area contributed by atoms with Gasteiger partial charge in [-0.05, 0) is 23.3 Å². The molecule has 1 aliphatic rings. The van der Waals surface area contributed by atoms with Gasteiger partial charge < -0.3 is 10.3 Å². The second-order valence-corrected chi connectivity index (χ2v) is 4.93. The number of hydrogen-bond acceptors (Lipinski definition) is 3. The quantitative estimate of drug-likeness (QED) is 0.844. The maximum atomic E-state index is 11.6. The number of aromatic nitrogens is 1. The van der Waals surface area contributed by atoms with Crippen LogP contribution in [-0.2, 0) is 19.6 Å². The standard InChI is InChI=1S/C15H17N3O/c16-14-5-3-4-12-10-17(11-13(12)14)8-9-18-7-2-1-6-15(18)19/h1-7H,8-11,16H2. The first-order valence-electron chi connectivity index (χ1n) is 6.48. The Morgan fingerprint density at radius 3 is 2.74 bits per heavy atom. The summed E-state index contributed by atoms with van der Waals surface area (Å²) in [7, 11) is 0. The van der Waals surface area contributed by atoms with Crippen LogP contribution < -0.4 is 11.3 Å². The summed E-state index contributed by atoms with van der Waals surface area (Å²) in [5.41, 5.74) is 9.45. The van der Waals surface area contributed by atoms with Crippen LogP contribution >= 0.6 is 0 Å². The first kappa shape index (κ1) is 12.0. The minimum Gasteiger partial charge on any atom is -0.398 e. The lowest BCUT2D eigenvalue weighted by molar-refractivity contribution is 0.270. The van der Waals surface area contributed by atoms with Crippen LogP contribution in [-0.4, -0.2) is 16.0 Å². The monoisotopic (exact) mass is 255 g/mol. The van der Waals surface area contributed by atoms with E-state index in [0.717, 1.165) is 25.3 Å². The molecule has 4 nitrogen and oxygen atoms in total. The molecule has 0 spiro atoms. The van der Waals surface area contributed by atoms with Crippen molar-refractivity contribution < 1.29 is 0 Å². The van der Waals surface area contributed by atoms with Crippen LogP contribution in [0.3, 0.4) is 0 Å². The predicted octanol–water partition coefficient (Wildman–Crippen LogP) is 1.45. The fourth-order valence-corrected chi connectivity index (χ4v) is 2.57. The Balaban J connectivity index is 1.67. The van der Waals surface area contributed by atoms with Gasteiger partial charge in [-0.15, -0.1) is 0 Å². The second-order valence-electron chi connectivity index (χ2n) is 4.93. The van der Waals surface area contributed by atoms with E-state index in [4.69, 9.17) is 5.73 Å². The Bertz CT molecular complexity index is 648. The van der Waals surface area contributed by atoms with E-state index in [1.807, 2.05) is 24.4 Å². The smallest absolute Gasteiger partial charge is 0.250 e. The Hall–Kier alpha value is -2.07. The molecule has 98 valence electrons. The molecule has 0 atom stereocenters. The number of fused-ring (bicyclic) bond motifs is 1. The van der Waals surface area contributed by atoms with Crippen LogP contribution in [0.5, 0.6) is 0 Å². The Morgan fingerprint density at radius 2 is 1.95 bits per heavy atom. The van der Waals surface area contributed by atoms with Crippen molar-refractivity contribution in [3.8, 4) is 0 Å². The third-order valence-electron chi connectivity index (χ3n) is 3.64. The summed E-state index contributed by atoms with van der Waals surface area (Å²) in [6.07, 6.45) is 1.83. The summed E-state index contributed by atoms with van der Waals surface area (Å²) < 4.78 is 1.74. The van der Waals surface area contributed by atoms with E-state index in [1.54, 1.807) is 16.7 Å². The highest BCUT2D eigenvalue weighted by molar-refractivity contribution is 5.52. The van der Waals surface area contributed by atoms with Gasteiger partial charge in [0.05, 0.1) is 0 Å². The summed E-state index contributed by atoms with van der Waals surface area (Å²) in [4.78, 5) is 13.9. The van der Waals surface area contributed by atoms with Gasteiger partial charge in [0.2, 0.25) is 0 Å². The number of hydrogen-bond donors (Lipinski definition) is 1. The molecule has 1 aliphatic heterocycles. The average Bonchev–Trinajstić information content (AvgIpc) is 2.82. The van der Waals surface area contributed by atoms with E-state index >= 15 is 0 Å². The van der Waals surface area contributed by atoms with Gasteiger partial charge >= 0.3 is 0 Å². The minimum atomic E-state index is 0.0544. The number of nitrogens with zero attached hydrogens (tertiary/aromatic N) is 2. The van der Waals surface area contributed by atoms with Crippen molar-refractivity contribution in [1.82, 2.24) is 9.47 Å². The third kappa shape index (κ3) is 2.39. The average molecular weight is 255 g/mol. The van der Waals surface area contributed by atoms with Gasteiger partial charge in [0.15, 0.2) is 0 Å².